The first-order valence-electron chi connectivity index (χ1n) is 4.22. The smallest absolute Gasteiger partial charge is 0.316 e. The topological polar surface area (TPSA) is 90.8 Å². The molecule has 1 heterocycles. The number of rotatable bonds is 3. The molecular weight excluding hydrogens is 186 g/mol. The van der Waals surface area contributed by atoms with E-state index in [1.54, 1.807) is 0 Å². The first-order chi connectivity index (χ1) is 6.44. The second kappa shape index (κ2) is 3.75. The van der Waals surface area contributed by atoms with Crippen LogP contribution in [0, 0.1) is 5.41 Å². The molecule has 3 N–H and O–H groups in total. The second-order valence-corrected chi connectivity index (χ2v) is 3.90. The van der Waals surface area contributed by atoms with E-state index in [-0.39, 0.29) is 18.0 Å². The molecule has 78 valence electrons. The standard InChI is InChI=1S/C8H13N3O3/c1-8(2,4-12)3-9-7-10-5(13)6(14)11-7/h12H,3-4H2,1-2H3,(H2,9,10,11,13,14). The quantitative estimate of drug-likeness (QED) is 0.488. The van der Waals surface area contributed by atoms with Crippen molar-refractivity contribution in [1.29, 1.82) is 0 Å². The Kier molecular flexibility index (Phi) is 2.85. The van der Waals surface area contributed by atoms with E-state index in [2.05, 4.69) is 15.6 Å². The first-order valence-corrected chi connectivity index (χ1v) is 4.22. The highest BCUT2D eigenvalue weighted by Crippen LogP contribution is 2.13. The molecule has 1 saturated heterocycles. The summed E-state index contributed by atoms with van der Waals surface area (Å²) >= 11 is 0. The van der Waals surface area contributed by atoms with Crippen molar-refractivity contribution in [3.8, 4) is 0 Å². The Hall–Kier alpha value is -1.43. The molecule has 14 heavy (non-hydrogen) atoms. The van der Waals surface area contributed by atoms with Crippen LogP contribution in [0.15, 0.2) is 4.99 Å². The van der Waals surface area contributed by atoms with Crippen molar-refractivity contribution in [2.24, 2.45) is 10.4 Å². The van der Waals surface area contributed by atoms with Gasteiger partial charge in [0.25, 0.3) is 0 Å². The molecule has 1 aliphatic heterocycles. The van der Waals surface area contributed by atoms with Crippen LogP contribution in [0.3, 0.4) is 0 Å². The number of nitrogens with zero attached hydrogens (tertiary/aromatic N) is 1. The molecule has 0 aromatic rings. The fourth-order valence-electron chi connectivity index (χ4n) is 0.782. The number of aliphatic hydroxyl groups is 1. The minimum absolute atomic E-state index is 0.00826. The molecule has 0 spiro atoms. The van der Waals surface area contributed by atoms with Gasteiger partial charge in [0.2, 0.25) is 5.96 Å². The van der Waals surface area contributed by atoms with Crippen molar-refractivity contribution in [2.75, 3.05) is 13.2 Å². The van der Waals surface area contributed by atoms with Crippen LogP contribution in [-0.2, 0) is 9.59 Å². The summed E-state index contributed by atoms with van der Waals surface area (Å²) in [6, 6.07) is 0. The first kappa shape index (κ1) is 10.6. The van der Waals surface area contributed by atoms with E-state index in [1.807, 2.05) is 13.8 Å². The van der Waals surface area contributed by atoms with Crippen molar-refractivity contribution in [3.05, 3.63) is 0 Å². The Balaban J connectivity index is 2.56. The number of hydrogen-bond donors (Lipinski definition) is 3. The van der Waals surface area contributed by atoms with Crippen molar-refractivity contribution >= 4 is 17.8 Å². The highest BCUT2D eigenvalue weighted by molar-refractivity contribution is 6.45. The van der Waals surface area contributed by atoms with E-state index in [1.165, 1.54) is 0 Å². The van der Waals surface area contributed by atoms with Crippen molar-refractivity contribution in [1.82, 2.24) is 10.6 Å². The summed E-state index contributed by atoms with van der Waals surface area (Å²) < 4.78 is 0. The van der Waals surface area contributed by atoms with Crippen LogP contribution in [0.1, 0.15) is 13.8 Å². The van der Waals surface area contributed by atoms with Gasteiger partial charge in [-0.2, -0.15) is 0 Å². The summed E-state index contributed by atoms with van der Waals surface area (Å²) in [6.07, 6.45) is 0. The van der Waals surface area contributed by atoms with Crippen LogP contribution in [0.5, 0.6) is 0 Å². The number of aliphatic imine (C=N–C) groups is 1. The maximum Gasteiger partial charge on any atom is 0.316 e. The van der Waals surface area contributed by atoms with Crippen LogP contribution < -0.4 is 10.6 Å². The second-order valence-electron chi connectivity index (χ2n) is 3.90. The third-order valence-corrected chi connectivity index (χ3v) is 1.76. The molecule has 0 aromatic carbocycles. The lowest BCUT2D eigenvalue weighted by Crippen LogP contribution is -2.29. The lowest BCUT2D eigenvalue weighted by Gasteiger charge is -2.18. The fraction of sp³-hybridized carbons (Fsp3) is 0.625. The Bertz CT molecular complexity index is 278. The predicted octanol–water partition coefficient (Wildman–Crippen LogP) is -1.39. The van der Waals surface area contributed by atoms with Gasteiger partial charge in [0, 0.05) is 12.0 Å². The number of nitrogens with one attached hydrogen (secondary N) is 2. The molecule has 0 aromatic heterocycles. The number of carbonyl (C=O) groups is 2. The van der Waals surface area contributed by atoms with Gasteiger partial charge in [-0.15, -0.1) is 0 Å². The normalized spacial score (nSPS) is 16.6. The van der Waals surface area contributed by atoms with E-state index in [0.29, 0.717) is 6.54 Å². The van der Waals surface area contributed by atoms with Gasteiger partial charge in [0.05, 0.1) is 6.54 Å². The Morgan fingerprint density at radius 2 is 1.79 bits per heavy atom. The van der Waals surface area contributed by atoms with Crippen LogP contribution in [-0.4, -0.2) is 36.0 Å². The van der Waals surface area contributed by atoms with Crippen LogP contribution in [0.4, 0.5) is 0 Å². The summed E-state index contributed by atoms with van der Waals surface area (Å²) in [4.78, 5) is 25.4. The molecule has 1 rings (SSSR count). The van der Waals surface area contributed by atoms with Gasteiger partial charge in [-0.05, 0) is 0 Å². The number of aliphatic hydroxyl groups excluding tert-OH is 1. The maximum atomic E-state index is 10.7. The largest absolute Gasteiger partial charge is 0.396 e. The van der Waals surface area contributed by atoms with Crippen molar-refractivity contribution in [3.63, 3.8) is 0 Å². The van der Waals surface area contributed by atoms with Gasteiger partial charge in [-0.25, -0.2) is 0 Å². The van der Waals surface area contributed by atoms with Crippen LogP contribution in [0.25, 0.3) is 0 Å². The monoisotopic (exact) mass is 199 g/mol. The molecule has 2 amide bonds. The van der Waals surface area contributed by atoms with E-state index >= 15 is 0 Å². The summed E-state index contributed by atoms with van der Waals surface area (Å²) in [6.45, 7) is 3.98. The predicted molar refractivity (Wildman–Crippen MR) is 49.5 cm³/mol. The highest BCUT2D eigenvalue weighted by Gasteiger charge is 2.26. The van der Waals surface area contributed by atoms with Crippen molar-refractivity contribution in [2.45, 2.75) is 13.8 Å². The minimum Gasteiger partial charge on any atom is -0.396 e. The third kappa shape index (κ3) is 2.53. The third-order valence-electron chi connectivity index (χ3n) is 1.76. The minimum atomic E-state index is -0.703. The molecule has 6 heteroatoms. The molecule has 0 bridgehead atoms. The summed E-state index contributed by atoms with van der Waals surface area (Å²) in [5.41, 5.74) is -0.356. The number of amides is 2. The average Bonchev–Trinajstić information content (AvgIpc) is 2.44. The Morgan fingerprint density at radius 1 is 1.29 bits per heavy atom. The molecule has 1 aliphatic rings. The summed E-state index contributed by atoms with van der Waals surface area (Å²) in [5, 5.41) is 13.5. The van der Waals surface area contributed by atoms with Crippen molar-refractivity contribution < 1.29 is 14.7 Å². The van der Waals surface area contributed by atoms with Gasteiger partial charge in [0.15, 0.2) is 0 Å². The summed E-state index contributed by atoms with van der Waals surface area (Å²) in [7, 11) is 0. The van der Waals surface area contributed by atoms with Crippen LogP contribution >= 0.6 is 0 Å². The van der Waals surface area contributed by atoms with Gasteiger partial charge in [0.1, 0.15) is 0 Å². The highest BCUT2D eigenvalue weighted by atomic mass is 16.3. The van der Waals surface area contributed by atoms with Gasteiger partial charge >= 0.3 is 11.8 Å². The molecular formula is C8H13N3O3. The molecule has 0 unspecified atom stereocenters. The number of carbonyl (C=O) groups excluding carboxylic acids is 2. The lowest BCUT2D eigenvalue weighted by atomic mass is 9.95. The Labute approximate surface area is 81.4 Å². The van der Waals surface area contributed by atoms with E-state index in [0.717, 1.165) is 0 Å². The Morgan fingerprint density at radius 3 is 2.21 bits per heavy atom. The molecule has 0 aliphatic carbocycles. The van der Waals surface area contributed by atoms with Gasteiger partial charge in [-0.3, -0.25) is 25.2 Å². The molecule has 1 fully saturated rings. The van der Waals surface area contributed by atoms with Crippen LogP contribution in [0.2, 0.25) is 0 Å². The summed E-state index contributed by atoms with van der Waals surface area (Å²) in [5.74, 6) is -1.25. The SMILES string of the molecule is CC(C)(CO)CN=C1NC(=O)C(=O)N1. The maximum absolute atomic E-state index is 10.7. The number of guanidine groups is 1. The average molecular weight is 199 g/mol. The van der Waals surface area contributed by atoms with Gasteiger partial charge < -0.3 is 5.11 Å². The number of hydrogen-bond acceptors (Lipinski definition) is 4. The zero-order valence-electron chi connectivity index (χ0n) is 8.13. The fourth-order valence-corrected chi connectivity index (χ4v) is 0.782. The van der Waals surface area contributed by atoms with Gasteiger partial charge in [-0.1, -0.05) is 13.8 Å². The van der Waals surface area contributed by atoms with E-state index < -0.39 is 11.8 Å². The molecule has 0 radical (unpaired) electrons. The lowest BCUT2D eigenvalue weighted by molar-refractivity contribution is -0.135. The molecule has 0 atom stereocenters. The van der Waals surface area contributed by atoms with E-state index in [4.69, 9.17) is 5.11 Å². The zero-order valence-corrected chi connectivity index (χ0v) is 8.13. The molecule has 0 saturated carbocycles. The molecule has 6 nitrogen and oxygen atoms in total. The zero-order chi connectivity index (χ0) is 10.8. The van der Waals surface area contributed by atoms with E-state index in [9.17, 15) is 9.59 Å².